The largest absolute Gasteiger partial charge is 0.465 e. The van der Waals surface area contributed by atoms with E-state index in [-0.39, 0.29) is 18.8 Å². The molecule has 12 heteroatoms. The van der Waals surface area contributed by atoms with E-state index in [1.165, 1.54) is 12.0 Å². The van der Waals surface area contributed by atoms with Crippen LogP contribution < -0.4 is 10.6 Å². The van der Waals surface area contributed by atoms with Crippen LogP contribution >= 0.6 is 11.6 Å². The first-order valence-electron chi connectivity index (χ1n) is 15.8. The van der Waals surface area contributed by atoms with Gasteiger partial charge in [0.2, 0.25) is 5.91 Å². The standard InChI is InChI=1S/C37H38ClN3O7S/c1-47-36(43)40-34(33(26-11-4-2-5-12-26)27-13-6-3-7-14-27)35(42)39-32-15-9-8-10-25(32)16-19-29-22-41(37(44)45)23-30(48-29)24-49(46)31-20-17-28(38)18-21-31/h2-15,17-18,20-21,29-30,33-34H,16,19,22-24H2,1H3,(H,39,42)(H,40,43)(H,44,45)/t29-,30+,34+,49?/m1/s1. The van der Waals surface area contributed by atoms with E-state index in [9.17, 15) is 23.7 Å². The number of methoxy groups -OCH3 is 1. The first-order valence-corrected chi connectivity index (χ1v) is 17.5. The third-order valence-corrected chi connectivity index (χ3v) is 10.0. The Kier molecular flexibility index (Phi) is 12.4. The van der Waals surface area contributed by atoms with Crippen molar-refractivity contribution >= 4 is 46.2 Å². The minimum absolute atomic E-state index is 0.108. The van der Waals surface area contributed by atoms with Gasteiger partial charge in [-0.05, 0) is 59.9 Å². The predicted molar refractivity (Wildman–Crippen MR) is 188 cm³/mol. The number of amides is 3. The second-order valence-electron chi connectivity index (χ2n) is 11.6. The number of carboxylic acid groups (broad SMARTS) is 1. The van der Waals surface area contributed by atoms with E-state index < -0.39 is 53.1 Å². The molecule has 4 aromatic rings. The number of rotatable bonds is 12. The number of nitrogens with one attached hydrogen (secondary N) is 2. The van der Waals surface area contributed by atoms with Gasteiger partial charge in [-0.2, -0.15) is 0 Å². The molecule has 5 rings (SSSR count). The lowest BCUT2D eigenvalue weighted by Gasteiger charge is -2.36. The topological polar surface area (TPSA) is 134 Å². The number of para-hydroxylation sites is 1. The molecule has 1 saturated heterocycles. The highest BCUT2D eigenvalue weighted by Crippen LogP contribution is 2.30. The average molecular weight is 704 g/mol. The SMILES string of the molecule is COC(=O)N[C@H](C(=O)Nc1ccccc1CC[C@@H]1CN(C(=O)O)C[C@@H](CS(=O)c2ccc(Cl)cc2)O1)C(c1ccccc1)c1ccccc1. The van der Waals surface area contributed by atoms with E-state index in [1.54, 1.807) is 36.4 Å². The zero-order valence-electron chi connectivity index (χ0n) is 26.9. The zero-order chi connectivity index (χ0) is 34.8. The molecule has 256 valence electrons. The predicted octanol–water partition coefficient (Wildman–Crippen LogP) is 6.32. The highest BCUT2D eigenvalue weighted by Gasteiger charge is 2.34. The molecule has 3 N–H and O–H groups in total. The molecular formula is C37H38ClN3O7S. The minimum Gasteiger partial charge on any atom is -0.465 e. The Labute approximate surface area is 292 Å². The van der Waals surface area contributed by atoms with Gasteiger partial charge in [0.1, 0.15) is 6.04 Å². The van der Waals surface area contributed by atoms with Crippen molar-refractivity contribution in [1.29, 1.82) is 0 Å². The van der Waals surface area contributed by atoms with Crippen LogP contribution in [0.25, 0.3) is 0 Å². The Morgan fingerprint density at radius 1 is 0.898 bits per heavy atom. The Morgan fingerprint density at radius 2 is 1.49 bits per heavy atom. The number of benzene rings is 4. The van der Waals surface area contributed by atoms with Crippen LogP contribution in [0.5, 0.6) is 0 Å². The van der Waals surface area contributed by atoms with Crippen molar-refractivity contribution in [2.24, 2.45) is 0 Å². The molecule has 4 aromatic carbocycles. The highest BCUT2D eigenvalue weighted by molar-refractivity contribution is 7.85. The summed E-state index contributed by atoms with van der Waals surface area (Å²) in [5, 5.41) is 16.1. The Morgan fingerprint density at radius 3 is 2.10 bits per heavy atom. The molecule has 0 aromatic heterocycles. The quantitative estimate of drug-likeness (QED) is 0.157. The van der Waals surface area contributed by atoms with Gasteiger partial charge in [0.25, 0.3) is 0 Å². The summed E-state index contributed by atoms with van der Waals surface area (Å²) >= 11 is 5.97. The molecule has 0 spiro atoms. The van der Waals surface area contributed by atoms with Crippen molar-refractivity contribution in [1.82, 2.24) is 10.2 Å². The van der Waals surface area contributed by atoms with Gasteiger partial charge in [0.15, 0.2) is 0 Å². The number of hydrogen-bond acceptors (Lipinski definition) is 6. The first-order chi connectivity index (χ1) is 23.7. The van der Waals surface area contributed by atoms with Crippen molar-refractivity contribution in [3.8, 4) is 0 Å². The van der Waals surface area contributed by atoms with Gasteiger partial charge in [-0.1, -0.05) is 90.5 Å². The normalized spacial score (nSPS) is 17.2. The summed E-state index contributed by atoms with van der Waals surface area (Å²) in [6.07, 6.45) is -1.94. The summed E-state index contributed by atoms with van der Waals surface area (Å²) < 4.78 is 24.2. The fraction of sp³-hybridized carbons (Fsp3) is 0.270. The smallest absolute Gasteiger partial charge is 0.407 e. The van der Waals surface area contributed by atoms with Gasteiger partial charge >= 0.3 is 12.2 Å². The van der Waals surface area contributed by atoms with E-state index in [4.69, 9.17) is 21.1 Å². The molecule has 0 saturated carbocycles. The number of anilines is 1. The second-order valence-corrected chi connectivity index (χ2v) is 13.6. The van der Waals surface area contributed by atoms with E-state index in [2.05, 4.69) is 10.6 Å². The van der Waals surface area contributed by atoms with Gasteiger partial charge in [0.05, 0.1) is 49.0 Å². The van der Waals surface area contributed by atoms with E-state index in [0.29, 0.717) is 28.4 Å². The number of hydrogen-bond donors (Lipinski definition) is 3. The van der Waals surface area contributed by atoms with Crippen LogP contribution in [0, 0.1) is 0 Å². The zero-order valence-corrected chi connectivity index (χ0v) is 28.4. The number of carbonyl (C=O) groups excluding carboxylic acids is 2. The van der Waals surface area contributed by atoms with Crippen molar-refractivity contribution < 1.29 is 33.2 Å². The molecule has 49 heavy (non-hydrogen) atoms. The molecule has 1 unspecified atom stereocenters. The van der Waals surface area contributed by atoms with Crippen LogP contribution in [0.2, 0.25) is 5.02 Å². The first kappa shape index (κ1) is 35.6. The number of ether oxygens (including phenoxy) is 2. The van der Waals surface area contributed by atoms with Gasteiger partial charge in [-0.3, -0.25) is 9.00 Å². The molecular weight excluding hydrogens is 666 g/mol. The van der Waals surface area contributed by atoms with Gasteiger partial charge in [-0.15, -0.1) is 0 Å². The maximum atomic E-state index is 14.1. The monoisotopic (exact) mass is 703 g/mol. The Bertz CT molecular complexity index is 1700. The van der Waals surface area contributed by atoms with Crippen molar-refractivity contribution in [2.75, 3.05) is 31.3 Å². The van der Waals surface area contributed by atoms with Gasteiger partial charge < -0.3 is 30.1 Å². The number of alkyl carbamates (subject to hydrolysis) is 1. The molecule has 0 radical (unpaired) electrons. The van der Waals surface area contributed by atoms with Crippen molar-refractivity contribution in [2.45, 2.75) is 41.9 Å². The molecule has 0 aliphatic carbocycles. The van der Waals surface area contributed by atoms with E-state index >= 15 is 0 Å². The molecule has 4 atom stereocenters. The number of nitrogens with zero attached hydrogens (tertiary/aromatic N) is 1. The fourth-order valence-electron chi connectivity index (χ4n) is 5.95. The second kappa shape index (κ2) is 17.1. The summed E-state index contributed by atoms with van der Waals surface area (Å²) in [5.74, 6) is -0.833. The third-order valence-electron chi connectivity index (χ3n) is 8.32. The maximum Gasteiger partial charge on any atom is 0.407 e. The molecule has 10 nitrogen and oxygen atoms in total. The lowest BCUT2D eigenvalue weighted by Crippen LogP contribution is -2.51. The Hall–Kier alpha value is -4.71. The molecule has 3 amide bonds. The van der Waals surface area contributed by atoms with E-state index in [0.717, 1.165) is 16.7 Å². The van der Waals surface area contributed by atoms with E-state index in [1.807, 2.05) is 72.8 Å². The summed E-state index contributed by atoms with van der Waals surface area (Å²) in [4.78, 5) is 40.5. The van der Waals surface area contributed by atoms with Crippen LogP contribution in [0.4, 0.5) is 15.3 Å². The number of carbonyl (C=O) groups is 3. The van der Waals surface area contributed by atoms with Gasteiger partial charge in [-0.25, -0.2) is 9.59 Å². The maximum absolute atomic E-state index is 14.1. The summed E-state index contributed by atoms with van der Waals surface area (Å²) in [6, 6.07) is 31.9. The van der Waals surface area contributed by atoms with Crippen LogP contribution in [0.1, 0.15) is 29.0 Å². The number of morpholine rings is 1. The van der Waals surface area contributed by atoms with Crippen molar-refractivity contribution in [3.05, 3.63) is 131 Å². The highest BCUT2D eigenvalue weighted by atomic mass is 35.5. The molecule has 0 bridgehead atoms. The lowest BCUT2D eigenvalue weighted by molar-refractivity contribution is -0.118. The van der Waals surface area contributed by atoms with Crippen molar-refractivity contribution in [3.63, 3.8) is 0 Å². The van der Waals surface area contributed by atoms with Crippen LogP contribution in [-0.2, 0) is 31.5 Å². The molecule has 1 aliphatic rings. The lowest BCUT2D eigenvalue weighted by atomic mass is 9.84. The van der Waals surface area contributed by atoms with Gasteiger partial charge in [0, 0.05) is 21.5 Å². The Balaban J connectivity index is 1.32. The summed E-state index contributed by atoms with van der Waals surface area (Å²) in [5.41, 5.74) is 3.03. The van der Waals surface area contributed by atoms with Crippen LogP contribution in [0.3, 0.4) is 0 Å². The summed E-state index contributed by atoms with van der Waals surface area (Å²) in [7, 11) is -0.166. The number of aryl methyl sites for hydroxylation is 1. The minimum atomic E-state index is -1.41. The van der Waals surface area contributed by atoms with Crippen LogP contribution in [-0.4, -0.2) is 76.5 Å². The molecule has 1 aliphatic heterocycles. The number of halogens is 1. The third kappa shape index (κ3) is 9.69. The average Bonchev–Trinajstić information content (AvgIpc) is 3.12. The molecule has 1 fully saturated rings. The molecule has 1 heterocycles. The van der Waals surface area contributed by atoms with Crippen LogP contribution in [0.15, 0.2) is 114 Å². The fourth-order valence-corrected chi connectivity index (χ4v) is 7.23. The summed E-state index contributed by atoms with van der Waals surface area (Å²) in [6.45, 7) is 0.269.